The number of thiophene rings is 1. The quantitative estimate of drug-likeness (QED) is 0.707. The second-order valence-corrected chi connectivity index (χ2v) is 6.98. The molecule has 20 heavy (non-hydrogen) atoms. The van der Waals surface area contributed by atoms with Crippen LogP contribution < -0.4 is 5.32 Å². The third-order valence-electron chi connectivity index (χ3n) is 3.24. The van der Waals surface area contributed by atoms with Crippen LogP contribution in [0.2, 0.25) is 10.0 Å². The van der Waals surface area contributed by atoms with E-state index in [4.69, 9.17) is 23.2 Å². The van der Waals surface area contributed by atoms with Crippen molar-refractivity contribution >= 4 is 34.5 Å². The van der Waals surface area contributed by atoms with E-state index in [1.54, 1.807) is 11.3 Å². The van der Waals surface area contributed by atoms with Gasteiger partial charge in [0.2, 0.25) is 0 Å². The van der Waals surface area contributed by atoms with E-state index >= 15 is 0 Å². The number of benzene rings is 1. The van der Waals surface area contributed by atoms with Gasteiger partial charge in [-0.25, -0.2) is 0 Å². The molecule has 0 radical (unpaired) electrons. The fourth-order valence-electron chi connectivity index (χ4n) is 2.24. The Morgan fingerprint density at radius 1 is 1.15 bits per heavy atom. The molecule has 4 heteroatoms. The number of hydrogen-bond acceptors (Lipinski definition) is 2. The summed E-state index contributed by atoms with van der Waals surface area (Å²) >= 11 is 14.2. The normalized spacial score (nSPS) is 12.9. The number of hydrogen-bond donors (Lipinski definition) is 1. The summed E-state index contributed by atoms with van der Waals surface area (Å²) in [5, 5.41) is 4.78. The highest BCUT2D eigenvalue weighted by molar-refractivity contribution is 7.15. The second-order valence-electron chi connectivity index (χ2n) is 5.08. The summed E-state index contributed by atoms with van der Waals surface area (Å²) < 4.78 is 0. The van der Waals surface area contributed by atoms with Gasteiger partial charge in [-0.05, 0) is 30.7 Å². The first-order valence-electron chi connectivity index (χ1n) is 6.82. The molecule has 1 nitrogen and oxygen atoms in total. The van der Waals surface area contributed by atoms with Crippen LogP contribution in [-0.2, 0) is 0 Å². The Morgan fingerprint density at radius 3 is 2.55 bits per heavy atom. The molecule has 1 heterocycles. The molecule has 0 saturated heterocycles. The fraction of sp³-hybridized carbons (Fsp3) is 0.375. The molecule has 1 atom stereocenters. The molecule has 0 saturated carbocycles. The van der Waals surface area contributed by atoms with Gasteiger partial charge in [0, 0.05) is 21.4 Å². The maximum Gasteiger partial charge on any atom is 0.0678 e. The molecule has 0 aliphatic rings. The van der Waals surface area contributed by atoms with Crippen molar-refractivity contribution in [3.63, 3.8) is 0 Å². The van der Waals surface area contributed by atoms with Crippen molar-refractivity contribution in [3.8, 4) is 10.4 Å². The molecule has 1 aromatic carbocycles. The zero-order valence-electron chi connectivity index (χ0n) is 11.9. The summed E-state index contributed by atoms with van der Waals surface area (Å²) in [6.07, 6.45) is 0. The molecule has 2 rings (SSSR count). The van der Waals surface area contributed by atoms with Crippen LogP contribution >= 0.6 is 34.5 Å². The van der Waals surface area contributed by atoms with Crippen LogP contribution in [0.1, 0.15) is 31.7 Å². The van der Waals surface area contributed by atoms with E-state index in [2.05, 4.69) is 38.2 Å². The maximum atomic E-state index is 6.30. The van der Waals surface area contributed by atoms with Crippen LogP contribution in [0.3, 0.4) is 0 Å². The molecule has 1 aromatic heterocycles. The van der Waals surface area contributed by atoms with Crippen LogP contribution in [-0.4, -0.2) is 6.54 Å². The van der Waals surface area contributed by atoms with Crippen molar-refractivity contribution in [1.29, 1.82) is 0 Å². The number of halogens is 2. The maximum absolute atomic E-state index is 6.30. The van der Waals surface area contributed by atoms with Crippen LogP contribution in [0.4, 0.5) is 0 Å². The van der Waals surface area contributed by atoms with Gasteiger partial charge in [-0.1, -0.05) is 56.1 Å². The summed E-state index contributed by atoms with van der Waals surface area (Å²) in [4.78, 5) is 2.50. The Bertz CT molecular complexity index is 578. The van der Waals surface area contributed by atoms with Gasteiger partial charge in [-0.15, -0.1) is 11.3 Å². The summed E-state index contributed by atoms with van der Waals surface area (Å²) in [5.74, 6) is 0.552. The molecular formula is C16H19Cl2NS. The van der Waals surface area contributed by atoms with Gasteiger partial charge in [0.25, 0.3) is 0 Å². The lowest BCUT2D eigenvalue weighted by Gasteiger charge is -2.20. The van der Waals surface area contributed by atoms with Crippen LogP contribution in [0, 0.1) is 5.92 Å². The van der Waals surface area contributed by atoms with E-state index in [0.29, 0.717) is 22.0 Å². The van der Waals surface area contributed by atoms with E-state index in [1.807, 2.05) is 18.2 Å². The molecule has 0 bridgehead atoms. The molecule has 0 fully saturated rings. The molecule has 0 amide bonds. The molecule has 1 unspecified atom stereocenters. The van der Waals surface area contributed by atoms with Gasteiger partial charge in [0.1, 0.15) is 0 Å². The highest BCUT2D eigenvalue weighted by atomic mass is 35.5. The smallest absolute Gasteiger partial charge is 0.0678 e. The molecule has 0 spiro atoms. The van der Waals surface area contributed by atoms with E-state index in [0.717, 1.165) is 17.0 Å². The predicted molar refractivity (Wildman–Crippen MR) is 91.0 cm³/mol. The van der Waals surface area contributed by atoms with Gasteiger partial charge >= 0.3 is 0 Å². The Hall–Kier alpha value is -0.540. The Labute approximate surface area is 134 Å². The van der Waals surface area contributed by atoms with Crippen molar-refractivity contribution in [3.05, 3.63) is 45.3 Å². The van der Waals surface area contributed by atoms with E-state index < -0.39 is 0 Å². The summed E-state index contributed by atoms with van der Waals surface area (Å²) in [7, 11) is 0. The van der Waals surface area contributed by atoms with Gasteiger partial charge < -0.3 is 5.32 Å². The van der Waals surface area contributed by atoms with Gasteiger partial charge in [-0.3, -0.25) is 0 Å². The molecule has 1 N–H and O–H groups in total. The zero-order chi connectivity index (χ0) is 14.7. The minimum Gasteiger partial charge on any atom is -0.309 e. The van der Waals surface area contributed by atoms with Crippen molar-refractivity contribution < 1.29 is 0 Å². The highest BCUT2D eigenvalue weighted by Gasteiger charge is 2.18. The minimum absolute atomic E-state index is 0.386. The van der Waals surface area contributed by atoms with Crippen LogP contribution in [0.25, 0.3) is 10.4 Å². The van der Waals surface area contributed by atoms with Gasteiger partial charge in [-0.2, -0.15) is 0 Å². The standard InChI is InChI=1S/C16H19Cl2NS/c1-4-19-16(10(2)3)14-9-8-13(20-14)11-6-5-7-12(17)15(11)18/h5-10,16,19H,4H2,1-3H3. The van der Waals surface area contributed by atoms with Crippen molar-refractivity contribution in [1.82, 2.24) is 5.32 Å². The van der Waals surface area contributed by atoms with Gasteiger partial charge in [0.05, 0.1) is 10.0 Å². The first kappa shape index (κ1) is 15.8. The molecule has 0 aliphatic carbocycles. The second kappa shape index (κ2) is 6.95. The van der Waals surface area contributed by atoms with Crippen LogP contribution in [0.15, 0.2) is 30.3 Å². The van der Waals surface area contributed by atoms with Crippen molar-refractivity contribution in [2.45, 2.75) is 26.8 Å². The molecule has 108 valence electrons. The van der Waals surface area contributed by atoms with Crippen molar-refractivity contribution in [2.75, 3.05) is 6.54 Å². The minimum atomic E-state index is 0.386. The molecule has 0 aliphatic heterocycles. The Balaban J connectivity index is 2.35. The third-order valence-corrected chi connectivity index (χ3v) is 5.26. The van der Waals surface area contributed by atoms with Crippen molar-refractivity contribution in [2.24, 2.45) is 5.92 Å². The molecule has 2 aromatic rings. The van der Waals surface area contributed by atoms with E-state index in [-0.39, 0.29) is 0 Å². The predicted octanol–water partition coefficient (Wildman–Crippen LogP) is 6.03. The topological polar surface area (TPSA) is 12.0 Å². The Morgan fingerprint density at radius 2 is 1.90 bits per heavy atom. The number of nitrogens with one attached hydrogen (secondary N) is 1. The van der Waals surface area contributed by atoms with Gasteiger partial charge in [0.15, 0.2) is 0 Å². The monoisotopic (exact) mass is 327 g/mol. The van der Waals surface area contributed by atoms with Crippen LogP contribution in [0.5, 0.6) is 0 Å². The average molecular weight is 328 g/mol. The summed E-state index contributed by atoms with van der Waals surface area (Å²) in [6.45, 7) is 7.57. The summed E-state index contributed by atoms with van der Waals surface area (Å²) in [6, 6.07) is 10.5. The first-order valence-corrected chi connectivity index (χ1v) is 8.39. The fourth-order valence-corrected chi connectivity index (χ4v) is 3.99. The molecular weight excluding hydrogens is 309 g/mol. The lowest BCUT2D eigenvalue weighted by atomic mass is 10.0. The first-order chi connectivity index (χ1) is 9.54. The third kappa shape index (κ3) is 3.37. The summed E-state index contributed by atoms with van der Waals surface area (Å²) in [5.41, 5.74) is 1.01. The SMILES string of the molecule is CCNC(c1ccc(-c2cccc(Cl)c2Cl)s1)C(C)C. The zero-order valence-corrected chi connectivity index (χ0v) is 14.2. The largest absolute Gasteiger partial charge is 0.309 e. The Kier molecular flexibility index (Phi) is 5.50. The van der Waals surface area contributed by atoms with E-state index in [9.17, 15) is 0 Å². The number of rotatable bonds is 5. The lowest BCUT2D eigenvalue weighted by Crippen LogP contribution is -2.24. The highest BCUT2D eigenvalue weighted by Crippen LogP contribution is 2.39. The lowest BCUT2D eigenvalue weighted by molar-refractivity contribution is 0.428. The average Bonchev–Trinajstić information content (AvgIpc) is 2.88. The van der Waals surface area contributed by atoms with E-state index in [1.165, 1.54) is 4.88 Å².